The fourth-order valence-corrected chi connectivity index (χ4v) is 5.07. The standard InChI is InChI=1S/C7H18BOPS/c1-4-10(8,5-2)6-11-7(3)9/h10H,4-6,8H2,1-3H3. The second-order valence-corrected chi connectivity index (χ2v) is 10.4. The van der Waals surface area contributed by atoms with E-state index in [1.165, 1.54) is 24.1 Å². The quantitative estimate of drug-likeness (QED) is 0.496. The van der Waals surface area contributed by atoms with Gasteiger partial charge in [0.1, 0.15) is 0 Å². The van der Waals surface area contributed by atoms with Crippen molar-refractivity contribution in [2.75, 3.05) is 17.8 Å². The van der Waals surface area contributed by atoms with Gasteiger partial charge in [-0.15, -0.1) is 0 Å². The van der Waals surface area contributed by atoms with E-state index >= 15 is 0 Å². The molecule has 0 aliphatic heterocycles. The third-order valence-electron chi connectivity index (χ3n) is 2.33. The Kier molecular flexibility index (Phi) is 5.46. The summed E-state index contributed by atoms with van der Waals surface area (Å²) in [7, 11) is 1.36. The van der Waals surface area contributed by atoms with Crippen molar-refractivity contribution in [1.82, 2.24) is 0 Å². The molecule has 0 aromatic carbocycles. The molecule has 0 saturated heterocycles. The molecule has 0 aliphatic rings. The van der Waals surface area contributed by atoms with Crippen molar-refractivity contribution in [2.45, 2.75) is 20.8 Å². The van der Waals surface area contributed by atoms with Gasteiger partial charge in [0.15, 0.2) is 0 Å². The van der Waals surface area contributed by atoms with Gasteiger partial charge in [0.2, 0.25) is 0 Å². The van der Waals surface area contributed by atoms with Gasteiger partial charge < -0.3 is 0 Å². The molecule has 11 heavy (non-hydrogen) atoms. The Bertz CT molecular complexity index is 136. The zero-order chi connectivity index (χ0) is 8.91. The van der Waals surface area contributed by atoms with Crippen LogP contribution in [-0.4, -0.2) is 30.5 Å². The maximum atomic E-state index is 10.7. The van der Waals surface area contributed by atoms with Crippen LogP contribution in [0.4, 0.5) is 0 Å². The molecule has 0 aliphatic carbocycles. The topological polar surface area (TPSA) is 17.1 Å². The van der Waals surface area contributed by atoms with E-state index in [1.54, 1.807) is 6.92 Å². The van der Waals surface area contributed by atoms with E-state index in [0.29, 0.717) is 0 Å². The van der Waals surface area contributed by atoms with Gasteiger partial charge >= 0.3 is 75.0 Å². The van der Waals surface area contributed by atoms with Gasteiger partial charge in [0.05, 0.1) is 0 Å². The Morgan fingerprint density at radius 1 is 1.45 bits per heavy atom. The van der Waals surface area contributed by atoms with Crippen LogP contribution in [0.25, 0.3) is 0 Å². The molecular weight excluding hydrogens is 174 g/mol. The van der Waals surface area contributed by atoms with Crippen LogP contribution in [0.5, 0.6) is 0 Å². The van der Waals surface area contributed by atoms with Crippen molar-refractivity contribution in [2.24, 2.45) is 0 Å². The van der Waals surface area contributed by atoms with Gasteiger partial charge in [-0.2, -0.15) is 0 Å². The van der Waals surface area contributed by atoms with E-state index < -0.39 is 7.14 Å². The minimum atomic E-state index is -1.02. The molecular formula is C7H18BOPS. The maximum absolute atomic E-state index is 10.7. The minimum absolute atomic E-state index is 0.269. The monoisotopic (exact) mass is 192 g/mol. The molecule has 0 aromatic heterocycles. The summed E-state index contributed by atoms with van der Waals surface area (Å²) < 4.78 is 0. The predicted molar refractivity (Wildman–Crippen MR) is 61.1 cm³/mol. The SMILES string of the molecule is B[PH](CC)(CC)CSC(C)=O. The summed E-state index contributed by atoms with van der Waals surface area (Å²) in [6, 6.07) is 0. The molecule has 0 fully saturated rings. The molecule has 0 spiro atoms. The number of carbonyl (C=O) groups is 1. The predicted octanol–water partition coefficient (Wildman–Crippen LogP) is 1.56. The Balaban J connectivity index is 3.78. The van der Waals surface area contributed by atoms with Crippen molar-refractivity contribution < 1.29 is 4.79 Å². The van der Waals surface area contributed by atoms with Gasteiger partial charge in [0, 0.05) is 0 Å². The average Bonchev–Trinajstić information content (AvgIpc) is 2.00. The first-order valence-corrected chi connectivity index (χ1v) is 8.28. The number of rotatable bonds is 4. The van der Waals surface area contributed by atoms with Gasteiger partial charge in [-0.25, -0.2) is 0 Å². The zero-order valence-corrected chi connectivity index (χ0v) is 9.75. The second-order valence-electron chi connectivity index (χ2n) is 3.30. The first kappa shape index (κ1) is 11.5. The van der Waals surface area contributed by atoms with Crippen LogP contribution in [0.3, 0.4) is 0 Å². The molecule has 0 N–H and O–H groups in total. The number of hydrogen-bond acceptors (Lipinski definition) is 2. The third-order valence-corrected chi connectivity index (χ3v) is 9.52. The first-order valence-electron chi connectivity index (χ1n) is 4.17. The van der Waals surface area contributed by atoms with Crippen LogP contribution >= 0.6 is 18.9 Å². The Hall–Kier alpha value is 0.515. The molecule has 0 unspecified atom stereocenters. The molecule has 0 atom stereocenters. The van der Waals surface area contributed by atoms with Crippen LogP contribution in [0.1, 0.15) is 20.8 Å². The van der Waals surface area contributed by atoms with E-state index in [2.05, 4.69) is 21.4 Å². The summed E-state index contributed by atoms with van der Waals surface area (Å²) in [5, 5.41) is 0.269. The fraction of sp³-hybridized carbons (Fsp3) is 0.857. The van der Waals surface area contributed by atoms with Gasteiger partial charge in [-0.3, -0.25) is 0 Å². The van der Waals surface area contributed by atoms with Gasteiger partial charge in [-0.1, -0.05) is 0 Å². The summed E-state index contributed by atoms with van der Waals surface area (Å²) in [4.78, 5) is 10.7. The molecule has 0 aromatic rings. The van der Waals surface area contributed by atoms with Crippen molar-refractivity contribution in [3.63, 3.8) is 0 Å². The number of thioether (sulfide) groups is 1. The summed E-state index contributed by atoms with van der Waals surface area (Å²) >= 11 is 1.51. The Morgan fingerprint density at radius 2 is 1.91 bits per heavy atom. The summed E-state index contributed by atoms with van der Waals surface area (Å²) in [6.45, 7) is 6.15. The van der Waals surface area contributed by atoms with Crippen molar-refractivity contribution in [3.8, 4) is 0 Å². The fourth-order valence-electron chi connectivity index (χ4n) is 0.730. The molecule has 1 nitrogen and oxygen atoms in total. The van der Waals surface area contributed by atoms with E-state index in [-0.39, 0.29) is 5.12 Å². The van der Waals surface area contributed by atoms with Crippen LogP contribution in [0.2, 0.25) is 0 Å². The van der Waals surface area contributed by atoms with E-state index in [4.69, 9.17) is 0 Å². The second kappa shape index (κ2) is 5.21. The summed E-state index contributed by atoms with van der Waals surface area (Å²) in [5.74, 6) is 0. The summed E-state index contributed by atoms with van der Waals surface area (Å²) in [5.41, 5.74) is 1.11. The molecule has 0 amide bonds. The van der Waals surface area contributed by atoms with Crippen LogP contribution in [0, 0.1) is 0 Å². The zero-order valence-electron chi connectivity index (χ0n) is 7.94. The van der Waals surface area contributed by atoms with Gasteiger partial charge in [0.25, 0.3) is 0 Å². The molecule has 0 saturated carbocycles. The van der Waals surface area contributed by atoms with E-state index in [1.807, 2.05) is 0 Å². The Morgan fingerprint density at radius 3 is 2.18 bits per heavy atom. The van der Waals surface area contributed by atoms with Crippen molar-refractivity contribution in [1.29, 1.82) is 0 Å². The van der Waals surface area contributed by atoms with Crippen LogP contribution < -0.4 is 0 Å². The molecule has 0 rings (SSSR count). The average molecular weight is 192 g/mol. The Labute approximate surface area is 75.4 Å². The number of carbonyl (C=O) groups excluding carboxylic acids is 1. The molecule has 4 heteroatoms. The summed E-state index contributed by atoms with van der Waals surface area (Å²) in [6.07, 6.45) is 2.59. The van der Waals surface area contributed by atoms with E-state index in [0.717, 1.165) is 5.49 Å². The van der Waals surface area contributed by atoms with Crippen molar-refractivity contribution in [3.05, 3.63) is 0 Å². The van der Waals surface area contributed by atoms with Crippen LogP contribution in [0.15, 0.2) is 0 Å². The van der Waals surface area contributed by atoms with Crippen LogP contribution in [-0.2, 0) is 4.79 Å². The van der Waals surface area contributed by atoms with E-state index in [9.17, 15) is 4.79 Å². The number of hydrogen-bond donors (Lipinski definition) is 0. The first-order chi connectivity index (χ1) is 5.04. The van der Waals surface area contributed by atoms with Gasteiger partial charge in [-0.05, 0) is 0 Å². The normalized spacial score (nSPS) is 13.0. The third kappa shape index (κ3) is 4.87. The molecule has 0 bridgehead atoms. The molecule has 0 radical (unpaired) electrons. The molecule has 66 valence electrons. The molecule has 0 heterocycles. The van der Waals surface area contributed by atoms with Crippen molar-refractivity contribution >= 4 is 31.6 Å².